The van der Waals surface area contributed by atoms with Crippen molar-refractivity contribution in [2.45, 2.75) is 44.0 Å². The molecule has 0 radical (unpaired) electrons. The fourth-order valence-electron chi connectivity index (χ4n) is 2.26. The number of hydrogen-bond donors (Lipinski definition) is 2. The third-order valence-corrected chi connectivity index (χ3v) is 3.80. The van der Waals surface area contributed by atoms with Gasteiger partial charge in [0.15, 0.2) is 5.79 Å². The maximum absolute atomic E-state index is 13.1. The molecule has 1 unspecified atom stereocenters. The number of hydrogen-bond acceptors (Lipinski definition) is 3. The second kappa shape index (κ2) is 4.78. The van der Waals surface area contributed by atoms with Crippen LogP contribution in [-0.2, 0) is 14.0 Å². The molecule has 1 aliphatic carbocycles. The van der Waals surface area contributed by atoms with E-state index in [1.54, 1.807) is 0 Å². The summed E-state index contributed by atoms with van der Waals surface area (Å²) in [6.07, 6.45) is 4.76. The summed E-state index contributed by atoms with van der Waals surface area (Å²) in [6, 6.07) is 0. The highest BCUT2D eigenvalue weighted by Crippen LogP contribution is 2.47. The maximum Gasteiger partial charge on any atom is 0.384 e. The Morgan fingerprint density at radius 2 is 2.00 bits per heavy atom. The van der Waals surface area contributed by atoms with Crippen LogP contribution in [0.15, 0.2) is 11.6 Å². The second-order valence-corrected chi connectivity index (χ2v) is 5.99. The van der Waals surface area contributed by atoms with Crippen molar-refractivity contribution in [1.82, 2.24) is 0 Å². The van der Waals surface area contributed by atoms with E-state index < -0.39 is 25.1 Å². The summed E-state index contributed by atoms with van der Waals surface area (Å²) in [6.45, 7) is 0.146. The van der Waals surface area contributed by atoms with Crippen LogP contribution in [0.1, 0.15) is 32.1 Å². The first kappa shape index (κ1) is 13.2. The van der Waals surface area contributed by atoms with Crippen LogP contribution in [0.5, 0.6) is 0 Å². The molecule has 0 bridgehead atoms. The van der Waals surface area contributed by atoms with Gasteiger partial charge in [0.2, 0.25) is 5.57 Å². The zero-order chi connectivity index (χ0) is 12.5. The predicted octanol–water partition coefficient (Wildman–Crippen LogP) is 2.05. The molecule has 2 fully saturated rings. The SMILES string of the molecule is O=P(O)(O)C(F)=CC1COC2(CCCCC2)O1. The van der Waals surface area contributed by atoms with Crippen molar-refractivity contribution in [3.63, 3.8) is 0 Å². The molecule has 0 aromatic heterocycles. The van der Waals surface area contributed by atoms with E-state index in [-0.39, 0.29) is 6.61 Å². The van der Waals surface area contributed by atoms with Gasteiger partial charge in [-0.25, -0.2) is 0 Å². The van der Waals surface area contributed by atoms with Crippen LogP contribution in [0.4, 0.5) is 4.39 Å². The molecule has 0 aromatic carbocycles. The molecule has 2 aliphatic rings. The normalized spacial score (nSPS) is 29.8. The largest absolute Gasteiger partial charge is 0.384 e. The Bertz CT molecular complexity index is 358. The van der Waals surface area contributed by atoms with Crippen LogP contribution >= 0.6 is 7.60 Å². The van der Waals surface area contributed by atoms with E-state index in [0.29, 0.717) is 0 Å². The van der Waals surface area contributed by atoms with E-state index in [9.17, 15) is 8.96 Å². The molecule has 1 atom stereocenters. The molecule has 1 saturated carbocycles. The van der Waals surface area contributed by atoms with Gasteiger partial charge in [-0.05, 0) is 18.9 Å². The fourth-order valence-corrected chi connectivity index (χ4v) is 2.62. The number of halogens is 1. The molecule has 0 aromatic rings. The first-order chi connectivity index (χ1) is 7.91. The average molecular weight is 266 g/mol. The Morgan fingerprint density at radius 3 is 2.59 bits per heavy atom. The van der Waals surface area contributed by atoms with Crippen molar-refractivity contribution in [2.75, 3.05) is 6.61 Å². The Labute approximate surface area is 98.8 Å². The lowest BCUT2D eigenvalue weighted by atomic mass is 9.94. The summed E-state index contributed by atoms with van der Waals surface area (Å²) >= 11 is 0. The molecule has 17 heavy (non-hydrogen) atoms. The smallest absolute Gasteiger partial charge is 0.347 e. The first-order valence-electron chi connectivity index (χ1n) is 5.67. The highest BCUT2D eigenvalue weighted by molar-refractivity contribution is 7.56. The van der Waals surface area contributed by atoms with E-state index in [1.165, 1.54) is 0 Å². The van der Waals surface area contributed by atoms with Crippen LogP contribution < -0.4 is 0 Å². The maximum atomic E-state index is 13.1. The average Bonchev–Trinajstić information content (AvgIpc) is 2.61. The standard InChI is InChI=1S/C10H16FO5P/c11-9(17(12,13)14)6-8-7-15-10(16-8)4-2-1-3-5-10/h6,8H,1-5,7H2,(H2,12,13,14). The van der Waals surface area contributed by atoms with E-state index in [2.05, 4.69) is 0 Å². The molecule has 0 amide bonds. The van der Waals surface area contributed by atoms with Gasteiger partial charge in [0, 0.05) is 12.8 Å². The quantitative estimate of drug-likeness (QED) is 0.748. The van der Waals surface area contributed by atoms with Crippen molar-refractivity contribution < 1.29 is 28.2 Å². The van der Waals surface area contributed by atoms with Crippen molar-refractivity contribution in [3.05, 3.63) is 11.6 Å². The molecule has 2 rings (SSSR count). The predicted molar refractivity (Wildman–Crippen MR) is 57.9 cm³/mol. The lowest BCUT2D eigenvalue weighted by Crippen LogP contribution is -2.33. The molecule has 1 saturated heterocycles. The minimum absolute atomic E-state index is 0.146. The zero-order valence-electron chi connectivity index (χ0n) is 9.34. The summed E-state index contributed by atoms with van der Waals surface area (Å²) in [5.41, 5.74) is -1.45. The molecule has 2 N–H and O–H groups in total. The van der Waals surface area contributed by atoms with E-state index in [0.717, 1.165) is 38.2 Å². The third-order valence-electron chi connectivity index (χ3n) is 3.09. The van der Waals surface area contributed by atoms with Crippen molar-refractivity contribution in [2.24, 2.45) is 0 Å². The van der Waals surface area contributed by atoms with Gasteiger partial charge in [-0.15, -0.1) is 0 Å². The minimum Gasteiger partial charge on any atom is -0.347 e. The van der Waals surface area contributed by atoms with Crippen LogP contribution in [0.2, 0.25) is 0 Å². The third kappa shape index (κ3) is 3.14. The molecule has 1 spiro atoms. The number of rotatable bonds is 2. The van der Waals surface area contributed by atoms with E-state index >= 15 is 0 Å². The van der Waals surface area contributed by atoms with Crippen molar-refractivity contribution >= 4 is 7.60 Å². The molecule has 1 aliphatic heterocycles. The Balaban J connectivity index is 2.00. The monoisotopic (exact) mass is 266 g/mol. The van der Waals surface area contributed by atoms with Gasteiger partial charge in [0.25, 0.3) is 0 Å². The summed E-state index contributed by atoms with van der Waals surface area (Å²) in [5.74, 6) is -0.658. The van der Waals surface area contributed by atoms with Gasteiger partial charge >= 0.3 is 7.60 Å². The summed E-state index contributed by atoms with van der Waals surface area (Å²) in [5, 5.41) is 0. The zero-order valence-corrected chi connectivity index (χ0v) is 10.2. The Hall–Kier alpha value is -0.260. The van der Waals surface area contributed by atoms with Gasteiger partial charge in [-0.3, -0.25) is 4.57 Å². The van der Waals surface area contributed by atoms with E-state index in [1.807, 2.05) is 0 Å². The molecule has 7 heteroatoms. The van der Waals surface area contributed by atoms with Gasteiger partial charge in [-0.1, -0.05) is 6.42 Å². The van der Waals surface area contributed by atoms with Crippen LogP contribution in [-0.4, -0.2) is 28.3 Å². The molecule has 1 heterocycles. The van der Waals surface area contributed by atoms with Gasteiger partial charge in [0.05, 0.1) is 6.61 Å². The lowest BCUT2D eigenvalue weighted by molar-refractivity contribution is -0.183. The van der Waals surface area contributed by atoms with Gasteiger partial charge < -0.3 is 19.3 Å². The Kier molecular flexibility index (Phi) is 3.71. The van der Waals surface area contributed by atoms with Crippen LogP contribution in [0.25, 0.3) is 0 Å². The first-order valence-corrected chi connectivity index (χ1v) is 7.28. The van der Waals surface area contributed by atoms with Crippen LogP contribution in [0.3, 0.4) is 0 Å². The number of ether oxygens (including phenoxy) is 2. The summed E-state index contributed by atoms with van der Waals surface area (Å²) < 4.78 is 34.8. The highest BCUT2D eigenvalue weighted by Gasteiger charge is 2.42. The van der Waals surface area contributed by atoms with Crippen molar-refractivity contribution in [1.29, 1.82) is 0 Å². The van der Waals surface area contributed by atoms with Crippen LogP contribution in [0, 0.1) is 0 Å². The van der Waals surface area contributed by atoms with Gasteiger partial charge in [-0.2, -0.15) is 4.39 Å². The topological polar surface area (TPSA) is 76.0 Å². The lowest BCUT2D eigenvalue weighted by Gasteiger charge is -2.31. The highest BCUT2D eigenvalue weighted by atomic mass is 31.2. The summed E-state index contributed by atoms with van der Waals surface area (Å²) in [4.78, 5) is 17.2. The molecular formula is C10H16FO5P. The second-order valence-electron chi connectivity index (χ2n) is 4.47. The van der Waals surface area contributed by atoms with Gasteiger partial charge in [0.1, 0.15) is 6.10 Å². The molecular weight excluding hydrogens is 250 g/mol. The van der Waals surface area contributed by atoms with E-state index in [4.69, 9.17) is 19.3 Å². The molecule has 5 nitrogen and oxygen atoms in total. The minimum atomic E-state index is -4.80. The fraction of sp³-hybridized carbons (Fsp3) is 0.800. The Morgan fingerprint density at radius 1 is 1.35 bits per heavy atom. The van der Waals surface area contributed by atoms with Crippen molar-refractivity contribution in [3.8, 4) is 0 Å². The summed E-state index contributed by atoms with van der Waals surface area (Å²) in [7, 11) is -4.80. The molecule has 98 valence electrons.